The van der Waals surface area contributed by atoms with E-state index < -0.39 is 0 Å². The number of nitrogens with zero attached hydrogens (tertiary/aromatic N) is 1. The number of para-hydroxylation sites is 1. The minimum Gasteiger partial charge on any atom is -0.310 e. The number of fused-ring (bicyclic) bond motifs is 18. The molecule has 1 heteroatoms. The maximum absolute atomic E-state index is 2.51. The molecule has 10 aromatic rings. The Hall–Kier alpha value is -7.22. The van der Waals surface area contributed by atoms with Crippen molar-refractivity contribution in [1.29, 1.82) is 0 Å². The van der Waals surface area contributed by atoms with Crippen LogP contribution in [0.15, 0.2) is 176 Å². The monoisotopic (exact) mass is 859 g/mol. The Labute approximate surface area is 394 Å². The van der Waals surface area contributed by atoms with Crippen molar-refractivity contribution >= 4 is 49.4 Å². The van der Waals surface area contributed by atoms with E-state index in [0.29, 0.717) is 0 Å². The Balaban J connectivity index is 0.918. The highest BCUT2D eigenvalue weighted by Crippen LogP contribution is 2.63. The Kier molecular flexibility index (Phi) is 7.45. The summed E-state index contributed by atoms with van der Waals surface area (Å²) in [6, 6.07) is 67.2. The summed E-state index contributed by atoms with van der Waals surface area (Å²) in [5.41, 5.74) is 25.2. The highest BCUT2D eigenvalue weighted by Gasteiger charge is 2.48. The van der Waals surface area contributed by atoms with Gasteiger partial charge >= 0.3 is 0 Å². The Morgan fingerprint density at radius 3 is 1.33 bits per heavy atom. The van der Waals surface area contributed by atoms with Crippen molar-refractivity contribution in [2.45, 2.75) is 77.0 Å². The molecule has 4 aliphatic carbocycles. The van der Waals surface area contributed by atoms with Gasteiger partial charge in [-0.2, -0.15) is 0 Å². The number of benzene rings is 10. The molecule has 4 aliphatic rings. The number of rotatable bonds is 3. The molecule has 0 fully saturated rings. The summed E-state index contributed by atoms with van der Waals surface area (Å²) in [6.45, 7) is 19.7. The van der Waals surface area contributed by atoms with Gasteiger partial charge in [-0.3, -0.25) is 0 Å². The predicted octanol–water partition coefficient (Wildman–Crippen LogP) is 17.8. The number of hydrogen-bond acceptors (Lipinski definition) is 1. The van der Waals surface area contributed by atoms with Crippen LogP contribution < -0.4 is 4.90 Å². The van der Waals surface area contributed by atoms with Crippen LogP contribution in [0.3, 0.4) is 0 Å². The summed E-state index contributed by atoms with van der Waals surface area (Å²) in [5.74, 6) is 0. The third-order valence-electron chi connectivity index (χ3n) is 17.1. The fourth-order valence-electron chi connectivity index (χ4n) is 14.2. The summed E-state index contributed by atoms with van der Waals surface area (Å²) in [6.07, 6.45) is 0. The van der Waals surface area contributed by atoms with Gasteiger partial charge < -0.3 is 4.90 Å². The zero-order valence-corrected chi connectivity index (χ0v) is 39.7. The molecule has 322 valence electrons. The summed E-state index contributed by atoms with van der Waals surface area (Å²) >= 11 is 0. The quantitative estimate of drug-likeness (QED) is 0.160. The van der Waals surface area contributed by atoms with Crippen LogP contribution in [0.25, 0.3) is 76.8 Å². The van der Waals surface area contributed by atoms with Crippen LogP contribution in [0, 0.1) is 0 Å². The molecule has 0 heterocycles. The number of hydrogen-bond donors (Lipinski definition) is 0. The third-order valence-corrected chi connectivity index (χ3v) is 17.1. The SMILES string of the molecule is CC1(C)c2cc(N(c3ccccc3)c3ccc4c(c3)C(C)(C)c3c-4ccc4c3C(C)(C)c3cccc5cccc-4c35)ccc2-c2ccc3c(c21)C(C)(C)c1c-3c2ccccc2c2ccccc12. The molecule has 0 amide bonds. The van der Waals surface area contributed by atoms with Crippen molar-refractivity contribution in [2.75, 3.05) is 4.90 Å². The Bertz CT molecular complexity index is 3850. The average molecular weight is 860 g/mol. The first kappa shape index (κ1) is 39.0. The van der Waals surface area contributed by atoms with Gasteiger partial charge in [0.2, 0.25) is 0 Å². The smallest absolute Gasteiger partial charge is 0.0465 e. The highest BCUT2D eigenvalue weighted by molar-refractivity contribution is 6.18. The van der Waals surface area contributed by atoms with Crippen LogP contribution in [0.2, 0.25) is 0 Å². The van der Waals surface area contributed by atoms with Crippen LogP contribution in [-0.4, -0.2) is 0 Å². The first-order valence-corrected chi connectivity index (χ1v) is 24.3. The fraction of sp³-hybridized carbons (Fsp3) is 0.182. The molecule has 67 heavy (non-hydrogen) atoms. The van der Waals surface area contributed by atoms with Crippen molar-refractivity contribution in [3.8, 4) is 44.5 Å². The Morgan fingerprint density at radius 1 is 0.284 bits per heavy atom. The summed E-state index contributed by atoms with van der Waals surface area (Å²) in [7, 11) is 0. The van der Waals surface area contributed by atoms with Crippen molar-refractivity contribution in [3.63, 3.8) is 0 Å². The van der Waals surface area contributed by atoms with Gasteiger partial charge in [0.1, 0.15) is 0 Å². The van der Waals surface area contributed by atoms with Gasteiger partial charge in [0.15, 0.2) is 0 Å². The molecule has 0 aromatic heterocycles. The molecule has 10 aromatic carbocycles. The molecule has 0 spiro atoms. The van der Waals surface area contributed by atoms with Gasteiger partial charge in [0.05, 0.1) is 0 Å². The van der Waals surface area contributed by atoms with E-state index in [4.69, 9.17) is 0 Å². The Morgan fingerprint density at radius 2 is 0.731 bits per heavy atom. The second-order valence-corrected chi connectivity index (χ2v) is 22.0. The zero-order valence-electron chi connectivity index (χ0n) is 39.7. The lowest BCUT2D eigenvalue weighted by Crippen LogP contribution is -2.29. The topological polar surface area (TPSA) is 3.24 Å². The van der Waals surface area contributed by atoms with Gasteiger partial charge in [-0.25, -0.2) is 0 Å². The molecular weight excluding hydrogens is 807 g/mol. The van der Waals surface area contributed by atoms with Gasteiger partial charge in [0.25, 0.3) is 0 Å². The second kappa shape index (κ2) is 12.8. The lowest BCUT2D eigenvalue weighted by Gasteiger charge is -2.39. The lowest BCUT2D eigenvalue weighted by atomic mass is 9.63. The summed E-state index contributed by atoms with van der Waals surface area (Å²) in [4.78, 5) is 2.50. The van der Waals surface area contributed by atoms with E-state index in [0.717, 1.165) is 5.69 Å². The standard InChI is InChI=1S/C66H53N/c1-63(2)53-27-17-19-38-18-16-26-47(56(38)53)51-33-32-49-44-30-28-40(36-54(44)64(3,4)59(49)61(51)63)67(39-20-10-9-11-21-39)41-29-31-45-50-34-35-52-57-46-24-14-12-22-42(46)43-23-13-15-25-48(43)58(57)66(7,8)62(52)60(50)65(5,6)55(45)37-41/h9-37H,1-8H3. The molecule has 1 nitrogen and oxygen atoms in total. The minimum atomic E-state index is -0.240. The van der Waals surface area contributed by atoms with Crippen molar-refractivity contribution in [1.82, 2.24) is 0 Å². The molecule has 0 bridgehead atoms. The summed E-state index contributed by atoms with van der Waals surface area (Å²) in [5, 5.41) is 8.12. The first-order chi connectivity index (χ1) is 32.3. The first-order valence-electron chi connectivity index (χ1n) is 24.3. The van der Waals surface area contributed by atoms with Crippen LogP contribution in [0.1, 0.15) is 99.9 Å². The molecule has 0 radical (unpaired) electrons. The van der Waals surface area contributed by atoms with E-state index in [-0.39, 0.29) is 21.7 Å². The van der Waals surface area contributed by atoms with Gasteiger partial charge in [-0.1, -0.05) is 195 Å². The zero-order chi connectivity index (χ0) is 45.5. The molecule has 0 saturated heterocycles. The van der Waals surface area contributed by atoms with E-state index in [1.807, 2.05) is 0 Å². The molecule has 0 unspecified atom stereocenters. The van der Waals surface area contributed by atoms with Crippen LogP contribution in [-0.2, 0) is 21.7 Å². The van der Waals surface area contributed by atoms with E-state index in [1.54, 1.807) is 0 Å². The predicted molar refractivity (Wildman–Crippen MR) is 284 cm³/mol. The third kappa shape index (κ3) is 4.80. The summed E-state index contributed by atoms with van der Waals surface area (Å²) < 4.78 is 0. The fourth-order valence-corrected chi connectivity index (χ4v) is 14.2. The normalized spacial score (nSPS) is 16.5. The van der Waals surface area contributed by atoms with Crippen LogP contribution >= 0.6 is 0 Å². The van der Waals surface area contributed by atoms with Gasteiger partial charge in [-0.05, 0) is 158 Å². The second-order valence-electron chi connectivity index (χ2n) is 22.0. The maximum atomic E-state index is 2.51. The van der Waals surface area contributed by atoms with E-state index in [1.165, 1.54) is 133 Å². The lowest BCUT2D eigenvalue weighted by molar-refractivity contribution is 0.591. The van der Waals surface area contributed by atoms with Crippen LogP contribution in [0.5, 0.6) is 0 Å². The minimum absolute atomic E-state index is 0.165. The molecule has 14 rings (SSSR count). The average Bonchev–Trinajstić information content (AvgIpc) is 3.83. The largest absolute Gasteiger partial charge is 0.310 e. The van der Waals surface area contributed by atoms with E-state index in [2.05, 4.69) is 236 Å². The van der Waals surface area contributed by atoms with E-state index >= 15 is 0 Å². The molecule has 0 N–H and O–H groups in total. The maximum Gasteiger partial charge on any atom is 0.0465 e. The number of anilines is 3. The van der Waals surface area contributed by atoms with Crippen LogP contribution in [0.4, 0.5) is 17.1 Å². The van der Waals surface area contributed by atoms with E-state index in [9.17, 15) is 0 Å². The molecule has 0 saturated carbocycles. The highest BCUT2D eigenvalue weighted by atomic mass is 15.1. The van der Waals surface area contributed by atoms with Gasteiger partial charge in [-0.15, -0.1) is 0 Å². The van der Waals surface area contributed by atoms with Crippen molar-refractivity contribution < 1.29 is 0 Å². The molecule has 0 atom stereocenters. The van der Waals surface area contributed by atoms with Crippen molar-refractivity contribution in [2.24, 2.45) is 0 Å². The van der Waals surface area contributed by atoms with Crippen molar-refractivity contribution in [3.05, 3.63) is 220 Å². The molecular formula is C66H53N. The van der Waals surface area contributed by atoms with Gasteiger partial charge in [0, 0.05) is 38.7 Å². The molecule has 0 aliphatic heterocycles.